The molecule has 3 aromatic heterocycles. The Morgan fingerprint density at radius 3 is 2.84 bits per heavy atom. The van der Waals surface area contributed by atoms with Crippen LogP contribution in [0.2, 0.25) is 0 Å². The molecule has 0 unspecified atom stereocenters. The standard InChI is InChI=1S/C24H26N4O3/c1-13-10-25-24(30-4)15(3)21(13)16-5-6-17-19(9-16)27-23(29)18-11-26-28(22(17)18)20-7-8-31-12-14(20)2/h5-6,9-11,14,20H,7-8,12H2,1-4H3,(H,27,29)/t14-,20-/m1/s1. The van der Waals surface area contributed by atoms with E-state index in [1.807, 2.05) is 30.8 Å². The van der Waals surface area contributed by atoms with Crippen molar-refractivity contribution in [1.29, 1.82) is 0 Å². The van der Waals surface area contributed by atoms with Crippen LogP contribution in [-0.4, -0.2) is 40.1 Å². The monoisotopic (exact) mass is 418 g/mol. The van der Waals surface area contributed by atoms with E-state index in [9.17, 15) is 4.79 Å². The summed E-state index contributed by atoms with van der Waals surface area (Å²) in [5.74, 6) is 0.941. The summed E-state index contributed by atoms with van der Waals surface area (Å²) in [6.45, 7) is 7.63. The van der Waals surface area contributed by atoms with Crippen molar-refractivity contribution in [2.45, 2.75) is 33.2 Å². The molecular weight excluding hydrogens is 392 g/mol. The van der Waals surface area contributed by atoms with Crippen molar-refractivity contribution in [3.05, 3.63) is 52.1 Å². The molecular formula is C24H26N4O3. The summed E-state index contributed by atoms with van der Waals surface area (Å²) in [4.78, 5) is 20.3. The number of methoxy groups -OCH3 is 1. The predicted molar refractivity (Wildman–Crippen MR) is 121 cm³/mol. The molecule has 0 radical (unpaired) electrons. The topological polar surface area (TPSA) is 82.0 Å². The second-order valence-electron chi connectivity index (χ2n) is 8.42. The third kappa shape index (κ3) is 3.11. The van der Waals surface area contributed by atoms with Crippen molar-refractivity contribution in [3.63, 3.8) is 0 Å². The molecule has 0 saturated carbocycles. The predicted octanol–water partition coefficient (Wildman–Crippen LogP) is 4.16. The Balaban J connectivity index is 1.74. The van der Waals surface area contributed by atoms with E-state index in [1.54, 1.807) is 13.3 Å². The van der Waals surface area contributed by atoms with Crippen LogP contribution in [-0.2, 0) is 4.74 Å². The lowest BCUT2D eigenvalue weighted by molar-refractivity contribution is 0.0264. The summed E-state index contributed by atoms with van der Waals surface area (Å²) in [6, 6.07) is 6.43. The van der Waals surface area contributed by atoms with Gasteiger partial charge in [-0.15, -0.1) is 0 Å². The molecule has 2 atom stereocenters. The van der Waals surface area contributed by atoms with Gasteiger partial charge in [0.25, 0.3) is 5.56 Å². The summed E-state index contributed by atoms with van der Waals surface area (Å²) in [5, 5.41) is 6.24. The normalized spacial score (nSPS) is 19.2. The maximum Gasteiger partial charge on any atom is 0.259 e. The van der Waals surface area contributed by atoms with Gasteiger partial charge in [0.1, 0.15) is 0 Å². The van der Waals surface area contributed by atoms with Gasteiger partial charge in [0, 0.05) is 29.7 Å². The van der Waals surface area contributed by atoms with Crippen LogP contribution in [0.1, 0.15) is 30.5 Å². The number of benzene rings is 1. The van der Waals surface area contributed by atoms with E-state index in [1.165, 1.54) is 0 Å². The van der Waals surface area contributed by atoms with Crippen LogP contribution in [0, 0.1) is 19.8 Å². The van der Waals surface area contributed by atoms with Gasteiger partial charge in [-0.2, -0.15) is 5.10 Å². The third-order valence-electron chi connectivity index (χ3n) is 6.42. The first-order chi connectivity index (χ1) is 15.0. The quantitative estimate of drug-likeness (QED) is 0.540. The number of H-pyrrole nitrogens is 1. The average Bonchev–Trinajstić information content (AvgIpc) is 3.20. The fourth-order valence-corrected chi connectivity index (χ4v) is 4.85. The molecule has 160 valence electrons. The smallest absolute Gasteiger partial charge is 0.259 e. The second-order valence-corrected chi connectivity index (χ2v) is 8.42. The molecule has 0 amide bonds. The molecule has 7 heteroatoms. The molecule has 5 rings (SSSR count). The van der Waals surface area contributed by atoms with Crippen molar-refractivity contribution in [2.24, 2.45) is 5.92 Å². The van der Waals surface area contributed by atoms with E-state index in [-0.39, 0.29) is 11.6 Å². The van der Waals surface area contributed by atoms with Crippen LogP contribution in [0.3, 0.4) is 0 Å². The van der Waals surface area contributed by atoms with Crippen LogP contribution in [0.5, 0.6) is 5.88 Å². The van der Waals surface area contributed by atoms with Gasteiger partial charge in [0.2, 0.25) is 5.88 Å². The lowest BCUT2D eigenvalue weighted by atomic mass is 9.95. The maximum atomic E-state index is 12.9. The molecule has 0 spiro atoms. The van der Waals surface area contributed by atoms with E-state index >= 15 is 0 Å². The highest BCUT2D eigenvalue weighted by atomic mass is 16.5. The number of aromatic nitrogens is 4. The highest BCUT2D eigenvalue weighted by Crippen LogP contribution is 2.35. The number of rotatable bonds is 3. The van der Waals surface area contributed by atoms with Gasteiger partial charge in [-0.25, -0.2) is 4.98 Å². The molecule has 1 aliphatic rings. The number of aryl methyl sites for hydroxylation is 1. The molecule has 1 saturated heterocycles. The number of hydrogen-bond acceptors (Lipinski definition) is 5. The Morgan fingerprint density at radius 2 is 2.06 bits per heavy atom. The van der Waals surface area contributed by atoms with Crippen molar-refractivity contribution < 1.29 is 9.47 Å². The first-order valence-electron chi connectivity index (χ1n) is 10.6. The molecule has 7 nitrogen and oxygen atoms in total. The molecule has 0 aliphatic carbocycles. The van der Waals surface area contributed by atoms with Gasteiger partial charge in [0.15, 0.2) is 0 Å². The average molecular weight is 418 g/mol. The number of nitrogens with zero attached hydrogens (tertiary/aromatic N) is 3. The molecule has 1 fully saturated rings. The van der Waals surface area contributed by atoms with Crippen LogP contribution in [0.4, 0.5) is 0 Å². The summed E-state index contributed by atoms with van der Waals surface area (Å²) >= 11 is 0. The van der Waals surface area contributed by atoms with Crippen LogP contribution in [0.15, 0.2) is 35.4 Å². The van der Waals surface area contributed by atoms with Gasteiger partial charge in [-0.05, 0) is 43.0 Å². The zero-order valence-corrected chi connectivity index (χ0v) is 18.2. The van der Waals surface area contributed by atoms with Crippen LogP contribution >= 0.6 is 0 Å². The SMILES string of the molecule is COc1ncc(C)c(-c2ccc3c(c2)[nH]c(=O)c2cnn([C@@H]4CCOC[C@H]4C)c23)c1C. The zero-order chi connectivity index (χ0) is 21.7. The van der Waals surface area contributed by atoms with E-state index in [4.69, 9.17) is 9.47 Å². The highest BCUT2D eigenvalue weighted by Gasteiger charge is 2.27. The number of fused-ring (bicyclic) bond motifs is 3. The molecule has 1 N–H and O–H groups in total. The summed E-state index contributed by atoms with van der Waals surface area (Å²) < 4.78 is 13.1. The van der Waals surface area contributed by atoms with Crippen molar-refractivity contribution in [1.82, 2.24) is 19.7 Å². The molecule has 4 heterocycles. The summed E-state index contributed by atoms with van der Waals surface area (Å²) in [7, 11) is 1.63. The largest absolute Gasteiger partial charge is 0.481 e. The molecule has 4 aromatic rings. The van der Waals surface area contributed by atoms with E-state index in [0.29, 0.717) is 30.4 Å². The zero-order valence-electron chi connectivity index (χ0n) is 18.2. The Kier molecular flexibility index (Phi) is 4.78. The van der Waals surface area contributed by atoms with Crippen molar-refractivity contribution in [3.8, 4) is 17.0 Å². The minimum atomic E-state index is -0.119. The lowest BCUT2D eigenvalue weighted by Gasteiger charge is -2.29. The summed E-state index contributed by atoms with van der Waals surface area (Å²) in [6.07, 6.45) is 4.39. The van der Waals surface area contributed by atoms with E-state index < -0.39 is 0 Å². The van der Waals surface area contributed by atoms with Gasteiger partial charge in [0.05, 0.1) is 42.4 Å². The Hall–Kier alpha value is -3.19. The Bertz CT molecular complexity index is 1350. The number of hydrogen-bond donors (Lipinski definition) is 1. The summed E-state index contributed by atoms with van der Waals surface area (Å²) in [5.41, 5.74) is 5.70. The first-order valence-corrected chi connectivity index (χ1v) is 10.6. The third-order valence-corrected chi connectivity index (χ3v) is 6.42. The number of ether oxygens (including phenoxy) is 2. The van der Waals surface area contributed by atoms with Crippen molar-refractivity contribution >= 4 is 21.8 Å². The van der Waals surface area contributed by atoms with Gasteiger partial charge >= 0.3 is 0 Å². The molecule has 31 heavy (non-hydrogen) atoms. The number of aromatic amines is 1. The van der Waals surface area contributed by atoms with Crippen molar-refractivity contribution in [2.75, 3.05) is 20.3 Å². The Labute approximate surface area is 180 Å². The van der Waals surface area contributed by atoms with Crippen LogP contribution in [0.25, 0.3) is 32.9 Å². The van der Waals surface area contributed by atoms with Crippen LogP contribution < -0.4 is 10.3 Å². The fraction of sp³-hybridized carbons (Fsp3) is 0.375. The lowest BCUT2D eigenvalue weighted by Crippen LogP contribution is -2.28. The fourth-order valence-electron chi connectivity index (χ4n) is 4.85. The van der Waals surface area contributed by atoms with E-state index in [0.717, 1.165) is 45.1 Å². The maximum absolute atomic E-state index is 12.9. The highest BCUT2D eigenvalue weighted by molar-refractivity contribution is 6.04. The van der Waals surface area contributed by atoms with E-state index in [2.05, 4.69) is 34.1 Å². The van der Waals surface area contributed by atoms with Gasteiger partial charge in [-0.3, -0.25) is 9.48 Å². The number of nitrogens with one attached hydrogen (secondary N) is 1. The second kappa shape index (κ2) is 7.50. The molecule has 0 bridgehead atoms. The first kappa shape index (κ1) is 19.8. The van der Waals surface area contributed by atoms with Gasteiger partial charge in [-0.1, -0.05) is 19.1 Å². The molecule has 1 aromatic carbocycles. The minimum absolute atomic E-state index is 0.119. The number of pyridine rings is 2. The Morgan fingerprint density at radius 1 is 1.23 bits per heavy atom. The van der Waals surface area contributed by atoms with Gasteiger partial charge < -0.3 is 14.5 Å². The molecule has 1 aliphatic heterocycles. The minimum Gasteiger partial charge on any atom is -0.481 e.